The minimum absolute atomic E-state index is 0.120. The van der Waals surface area contributed by atoms with Crippen LogP contribution in [0.5, 0.6) is 0 Å². The van der Waals surface area contributed by atoms with E-state index in [-0.39, 0.29) is 11.4 Å². The van der Waals surface area contributed by atoms with E-state index in [1.165, 1.54) is 18.4 Å². The molecule has 0 amide bonds. The van der Waals surface area contributed by atoms with Gasteiger partial charge in [-0.2, -0.15) is 0 Å². The Morgan fingerprint density at radius 2 is 1.65 bits per heavy atom. The van der Waals surface area contributed by atoms with Gasteiger partial charge >= 0.3 is 0 Å². The van der Waals surface area contributed by atoms with Gasteiger partial charge in [-0.15, -0.1) is 0 Å². The molecule has 0 spiro atoms. The van der Waals surface area contributed by atoms with Crippen LogP contribution in [0.4, 0.5) is 5.95 Å². The number of nitrogens with two attached hydrogens (primary N) is 1. The molecule has 5 heteroatoms. The van der Waals surface area contributed by atoms with E-state index in [0.717, 1.165) is 23.6 Å². The molecule has 0 saturated heterocycles. The summed E-state index contributed by atoms with van der Waals surface area (Å²) in [7, 11) is 0. The topological polar surface area (TPSA) is 51.8 Å². The second kappa shape index (κ2) is 5.23. The fourth-order valence-electron chi connectivity index (χ4n) is 3.12. The van der Waals surface area contributed by atoms with Crippen LogP contribution in [0.1, 0.15) is 36.9 Å². The van der Waals surface area contributed by atoms with Crippen LogP contribution in [-0.2, 0) is 5.41 Å². The number of anilines is 1. The summed E-state index contributed by atoms with van der Waals surface area (Å²) in [6, 6.07) is 9.81. The van der Waals surface area contributed by atoms with E-state index in [9.17, 15) is 0 Å². The average Bonchev–Trinajstić information content (AvgIpc) is 2.89. The van der Waals surface area contributed by atoms with Crippen molar-refractivity contribution in [2.24, 2.45) is 0 Å². The molecule has 2 aromatic rings. The number of hydrogen-bond donors (Lipinski definition) is 1. The predicted octanol–water partition coefficient (Wildman–Crippen LogP) is 4.23. The first kappa shape index (κ1) is 13.7. The van der Waals surface area contributed by atoms with Crippen LogP contribution in [-0.4, -0.2) is 9.97 Å². The first-order valence-electron chi connectivity index (χ1n) is 6.67. The van der Waals surface area contributed by atoms with Crippen molar-refractivity contribution >= 4 is 29.2 Å². The van der Waals surface area contributed by atoms with Crippen molar-refractivity contribution in [2.45, 2.75) is 31.1 Å². The number of benzene rings is 1. The van der Waals surface area contributed by atoms with Crippen molar-refractivity contribution in [1.29, 1.82) is 0 Å². The van der Waals surface area contributed by atoms with Gasteiger partial charge in [0.25, 0.3) is 0 Å². The Hall–Kier alpha value is -1.32. The highest BCUT2D eigenvalue weighted by Gasteiger charge is 2.39. The van der Waals surface area contributed by atoms with Crippen molar-refractivity contribution in [3.63, 3.8) is 0 Å². The molecular formula is C15H15Cl2N3. The summed E-state index contributed by atoms with van der Waals surface area (Å²) in [4.78, 5) is 8.39. The van der Waals surface area contributed by atoms with E-state index in [0.29, 0.717) is 5.15 Å². The molecule has 0 unspecified atom stereocenters. The third kappa shape index (κ3) is 2.36. The van der Waals surface area contributed by atoms with E-state index >= 15 is 0 Å². The van der Waals surface area contributed by atoms with Gasteiger partial charge in [-0.05, 0) is 36.6 Å². The number of aromatic nitrogens is 2. The first-order valence-corrected chi connectivity index (χ1v) is 7.42. The summed E-state index contributed by atoms with van der Waals surface area (Å²) in [6.07, 6.45) is 4.43. The predicted molar refractivity (Wildman–Crippen MR) is 82.2 cm³/mol. The molecule has 1 heterocycles. The molecule has 1 saturated carbocycles. The van der Waals surface area contributed by atoms with E-state index in [4.69, 9.17) is 28.9 Å². The molecule has 1 aliphatic rings. The highest BCUT2D eigenvalue weighted by molar-refractivity contribution is 6.30. The van der Waals surface area contributed by atoms with Crippen LogP contribution < -0.4 is 5.73 Å². The smallest absolute Gasteiger partial charge is 0.221 e. The molecule has 1 aromatic heterocycles. The zero-order valence-corrected chi connectivity index (χ0v) is 12.5. The van der Waals surface area contributed by atoms with Crippen molar-refractivity contribution in [2.75, 3.05) is 5.73 Å². The van der Waals surface area contributed by atoms with Gasteiger partial charge < -0.3 is 5.73 Å². The molecule has 104 valence electrons. The van der Waals surface area contributed by atoms with Crippen LogP contribution in [0.3, 0.4) is 0 Å². The Bertz CT molecular complexity index is 599. The summed E-state index contributed by atoms with van der Waals surface area (Å²) < 4.78 is 0. The minimum Gasteiger partial charge on any atom is -0.368 e. The standard InChI is InChI=1S/C15H15Cl2N3/c16-11-5-3-10(4-6-11)15(7-1-2-8-15)12-9-13(17)20-14(18)19-12/h3-6,9H,1-2,7-8H2,(H2,18,19,20). The Labute approximate surface area is 128 Å². The largest absolute Gasteiger partial charge is 0.368 e. The van der Waals surface area contributed by atoms with E-state index in [1.807, 2.05) is 18.2 Å². The van der Waals surface area contributed by atoms with Gasteiger partial charge in [-0.1, -0.05) is 48.2 Å². The fraction of sp³-hybridized carbons (Fsp3) is 0.333. The fourth-order valence-corrected chi connectivity index (χ4v) is 3.44. The Balaban J connectivity index is 2.14. The maximum atomic E-state index is 6.05. The number of nitrogen functional groups attached to an aromatic ring is 1. The molecule has 0 aliphatic heterocycles. The molecule has 3 nitrogen and oxygen atoms in total. The van der Waals surface area contributed by atoms with E-state index in [1.54, 1.807) is 0 Å². The highest BCUT2D eigenvalue weighted by Crippen LogP contribution is 2.46. The Morgan fingerprint density at radius 3 is 2.25 bits per heavy atom. The monoisotopic (exact) mass is 307 g/mol. The Kier molecular flexibility index (Phi) is 3.57. The molecule has 0 atom stereocenters. The molecule has 20 heavy (non-hydrogen) atoms. The lowest BCUT2D eigenvalue weighted by Crippen LogP contribution is -2.25. The van der Waals surface area contributed by atoms with Crippen molar-refractivity contribution in [3.8, 4) is 0 Å². The summed E-state index contributed by atoms with van der Waals surface area (Å²) in [6.45, 7) is 0. The lowest BCUT2D eigenvalue weighted by Gasteiger charge is -2.29. The van der Waals surface area contributed by atoms with Gasteiger partial charge in [0.1, 0.15) is 5.15 Å². The number of halogens is 2. The number of rotatable bonds is 2. The Morgan fingerprint density at radius 1 is 1.00 bits per heavy atom. The molecular weight excluding hydrogens is 293 g/mol. The molecule has 1 aromatic carbocycles. The van der Waals surface area contributed by atoms with E-state index in [2.05, 4.69) is 22.1 Å². The van der Waals surface area contributed by atoms with Gasteiger partial charge in [0, 0.05) is 10.4 Å². The van der Waals surface area contributed by atoms with Crippen molar-refractivity contribution in [1.82, 2.24) is 9.97 Å². The highest BCUT2D eigenvalue weighted by atomic mass is 35.5. The van der Waals surface area contributed by atoms with Crippen LogP contribution in [0, 0.1) is 0 Å². The third-order valence-corrected chi connectivity index (χ3v) is 4.50. The van der Waals surface area contributed by atoms with Crippen LogP contribution in [0.2, 0.25) is 10.2 Å². The van der Waals surface area contributed by atoms with Crippen LogP contribution in [0.25, 0.3) is 0 Å². The SMILES string of the molecule is Nc1nc(Cl)cc(C2(c3ccc(Cl)cc3)CCCC2)n1. The molecule has 0 radical (unpaired) electrons. The third-order valence-electron chi connectivity index (χ3n) is 4.06. The number of nitrogens with zero attached hydrogens (tertiary/aromatic N) is 2. The second-order valence-corrected chi connectivity index (χ2v) is 6.05. The molecule has 1 aliphatic carbocycles. The summed E-state index contributed by atoms with van der Waals surface area (Å²) in [5, 5.41) is 1.13. The second-order valence-electron chi connectivity index (χ2n) is 5.23. The minimum atomic E-state index is -0.120. The van der Waals surface area contributed by atoms with Gasteiger partial charge in [-0.3, -0.25) is 0 Å². The maximum Gasteiger partial charge on any atom is 0.221 e. The number of hydrogen-bond acceptors (Lipinski definition) is 3. The average molecular weight is 308 g/mol. The molecule has 3 rings (SSSR count). The van der Waals surface area contributed by atoms with Gasteiger partial charge in [0.05, 0.1) is 5.69 Å². The van der Waals surface area contributed by atoms with Crippen LogP contribution >= 0.6 is 23.2 Å². The van der Waals surface area contributed by atoms with Crippen molar-refractivity contribution < 1.29 is 0 Å². The lowest BCUT2D eigenvalue weighted by atomic mass is 9.76. The van der Waals surface area contributed by atoms with Crippen LogP contribution in [0.15, 0.2) is 30.3 Å². The van der Waals surface area contributed by atoms with E-state index < -0.39 is 0 Å². The summed E-state index contributed by atoms with van der Waals surface area (Å²) in [5.74, 6) is 0.229. The van der Waals surface area contributed by atoms with Gasteiger partial charge in [-0.25, -0.2) is 9.97 Å². The van der Waals surface area contributed by atoms with Gasteiger partial charge in [0.2, 0.25) is 5.95 Å². The molecule has 2 N–H and O–H groups in total. The zero-order valence-electron chi connectivity index (χ0n) is 10.9. The maximum absolute atomic E-state index is 6.05. The molecule has 1 fully saturated rings. The quantitative estimate of drug-likeness (QED) is 0.845. The summed E-state index contributed by atoms with van der Waals surface area (Å²) in [5.41, 5.74) is 7.77. The first-order chi connectivity index (χ1) is 9.60. The zero-order chi connectivity index (χ0) is 14.2. The van der Waals surface area contributed by atoms with Crippen molar-refractivity contribution in [3.05, 3.63) is 51.8 Å². The normalized spacial score (nSPS) is 17.3. The summed E-state index contributed by atoms with van der Waals surface area (Å²) >= 11 is 12.0. The van der Waals surface area contributed by atoms with Gasteiger partial charge in [0.15, 0.2) is 0 Å². The molecule has 0 bridgehead atoms. The lowest BCUT2D eigenvalue weighted by molar-refractivity contribution is 0.518.